The minimum absolute atomic E-state index is 0.165. The van der Waals surface area contributed by atoms with E-state index in [0.29, 0.717) is 12.3 Å². The number of nitrogens with two attached hydrogens (primary N) is 1. The van der Waals surface area contributed by atoms with Crippen LogP contribution in [0.5, 0.6) is 0 Å². The quantitative estimate of drug-likeness (QED) is 0.485. The van der Waals surface area contributed by atoms with Crippen LogP contribution in [0.1, 0.15) is 42.2 Å². The molecule has 0 saturated heterocycles. The first-order valence-electron chi connectivity index (χ1n) is 10.6. The van der Waals surface area contributed by atoms with Gasteiger partial charge in [0.1, 0.15) is 0 Å². The van der Waals surface area contributed by atoms with Gasteiger partial charge in [0.15, 0.2) is 11.3 Å². The summed E-state index contributed by atoms with van der Waals surface area (Å²) in [7, 11) is 0. The van der Waals surface area contributed by atoms with Crippen molar-refractivity contribution < 1.29 is 9.53 Å². The van der Waals surface area contributed by atoms with Crippen molar-refractivity contribution in [2.45, 2.75) is 31.7 Å². The number of aromatic nitrogens is 3. The Labute approximate surface area is 180 Å². The van der Waals surface area contributed by atoms with Crippen LogP contribution in [-0.4, -0.2) is 27.2 Å². The smallest absolute Gasteiger partial charge is 0.358 e. The molecule has 1 fully saturated rings. The van der Waals surface area contributed by atoms with Crippen molar-refractivity contribution in [2.24, 2.45) is 5.73 Å². The molecule has 0 spiro atoms. The largest absolute Gasteiger partial charge is 0.461 e. The molecule has 0 unspecified atom stereocenters. The normalized spacial score (nSPS) is 14.9. The lowest BCUT2D eigenvalue weighted by atomic mass is 9.72. The van der Waals surface area contributed by atoms with Gasteiger partial charge in [0.05, 0.1) is 18.5 Å². The summed E-state index contributed by atoms with van der Waals surface area (Å²) in [6.07, 6.45) is 5.13. The molecule has 0 bridgehead atoms. The number of esters is 1. The average molecular weight is 412 g/mol. The van der Waals surface area contributed by atoms with Crippen molar-refractivity contribution in [2.75, 3.05) is 6.61 Å². The van der Waals surface area contributed by atoms with Crippen LogP contribution >= 0.6 is 0 Å². The van der Waals surface area contributed by atoms with E-state index in [4.69, 9.17) is 15.5 Å². The van der Waals surface area contributed by atoms with E-state index in [2.05, 4.69) is 35.4 Å². The van der Waals surface area contributed by atoms with Crippen molar-refractivity contribution in [3.63, 3.8) is 0 Å². The predicted octanol–water partition coefficient (Wildman–Crippen LogP) is 4.58. The van der Waals surface area contributed by atoms with Gasteiger partial charge in [0.25, 0.3) is 0 Å². The summed E-state index contributed by atoms with van der Waals surface area (Å²) >= 11 is 0. The Bertz CT molecular complexity index is 1260. The second kappa shape index (κ2) is 7.63. The fraction of sp³-hybridized carbons (Fsp3) is 0.240. The maximum absolute atomic E-state index is 12.0. The molecule has 4 aromatic rings. The molecule has 5 rings (SSSR count). The van der Waals surface area contributed by atoms with E-state index in [9.17, 15) is 4.79 Å². The lowest BCUT2D eigenvalue weighted by molar-refractivity contribution is 0.0517. The Hall–Kier alpha value is -3.51. The van der Waals surface area contributed by atoms with E-state index in [-0.39, 0.29) is 11.2 Å². The molecule has 2 heterocycles. The van der Waals surface area contributed by atoms with E-state index < -0.39 is 5.97 Å². The third kappa shape index (κ3) is 3.49. The fourth-order valence-electron chi connectivity index (χ4n) is 4.11. The van der Waals surface area contributed by atoms with Gasteiger partial charge in [-0.25, -0.2) is 14.3 Å². The average Bonchev–Trinajstić information content (AvgIpc) is 3.21. The van der Waals surface area contributed by atoms with E-state index in [1.807, 2.05) is 24.4 Å². The Morgan fingerprint density at radius 3 is 2.48 bits per heavy atom. The highest BCUT2D eigenvalue weighted by Gasteiger charge is 2.34. The molecule has 0 atom stereocenters. The molecule has 156 valence electrons. The predicted molar refractivity (Wildman–Crippen MR) is 120 cm³/mol. The van der Waals surface area contributed by atoms with Crippen molar-refractivity contribution in [1.82, 2.24) is 14.6 Å². The number of imidazole rings is 1. The Morgan fingerprint density at radius 2 is 1.81 bits per heavy atom. The van der Waals surface area contributed by atoms with Crippen molar-refractivity contribution in [3.8, 4) is 22.4 Å². The molecule has 31 heavy (non-hydrogen) atoms. The van der Waals surface area contributed by atoms with E-state index in [1.54, 1.807) is 23.6 Å². The number of ether oxygens (including phenoxy) is 1. The summed E-state index contributed by atoms with van der Waals surface area (Å²) in [5, 5.41) is 4.36. The van der Waals surface area contributed by atoms with Gasteiger partial charge in [0.2, 0.25) is 0 Å². The van der Waals surface area contributed by atoms with Gasteiger partial charge in [-0.2, -0.15) is 5.10 Å². The highest BCUT2D eigenvalue weighted by molar-refractivity contribution is 5.87. The molecule has 0 aliphatic heterocycles. The summed E-state index contributed by atoms with van der Waals surface area (Å²) in [6.45, 7) is 2.08. The zero-order chi connectivity index (χ0) is 21.4. The van der Waals surface area contributed by atoms with Gasteiger partial charge in [0, 0.05) is 11.1 Å². The molecule has 2 aromatic carbocycles. The first kappa shape index (κ1) is 19.5. The zero-order valence-corrected chi connectivity index (χ0v) is 17.4. The maximum Gasteiger partial charge on any atom is 0.358 e. The molecule has 6 heteroatoms. The second-order valence-corrected chi connectivity index (χ2v) is 8.00. The van der Waals surface area contributed by atoms with Crippen molar-refractivity contribution in [3.05, 3.63) is 78.1 Å². The Morgan fingerprint density at radius 1 is 1.06 bits per heavy atom. The highest BCUT2D eigenvalue weighted by Crippen LogP contribution is 2.40. The first-order valence-corrected chi connectivity index (χ1v) is 10.6. The molecule has 1 aliphatic rings. The number of hydrogen-bond donors (Lipinski definition) is 1. The molecule has 0 amide bonds. The number of benzene rings is 2. The molecule has 1 aliphatic carbocycles. The topological polar surface area (TPSA) is 82.5 Å². The summed E-state index contributed by atoms with van der Waals surface area (Å²) in [5.41, 5.74) is 12.4. The molecule has 6 nitrogen and oxygen atoms in total. The third-order valence-corrected chi connectivity index (χ3v) is 6.02. The number of hydrogen-bond acceptors (Lipinski definition) is 5. The highest BCUT2D eigenvalue weighted by atomic mass is 16.5. The maximum atomic E-state index is 12.0. The number of nitrogens with zero attached hydrogens (tertiary/aromatic N) is 3. The van der Waals surface area contributed by atoms with Crippen LogP contribution in [0.2, 0.25) is 0 Å². The van der Waals surface area contributed by atoms with Crippen molar-refractivity contribution >= 4 is 11.6 Å². The van der Waals surface area contributed by atoms with Crippen molar-refractivity contribution in [1.29, 1.82) is 0 Å². The van der Waals surface area contributed by atoms with Crippen LogP contribution in [0, 0.1) is 0 Å². The number of carbonyl (C=O) groups is 1. The number of fused-ring (bicyclic) bond motifs is 1. The van der Waals surface area contributed by atoms with E-state index >= 15 is 0 Å². The summed E-state index contributed by atoms with van der Waals surface area (Å²) < 4.78 is 6.67. The fourth-order valence-corrected chi connectivity index (χ4v) is 4.11. The van der Waals surface area contributed by atoms with Crippen LogP contribution in [0.25, 0.3) is 28.0 Å². The zero-order valence-electron chi connectivity index (χ0n) is 17.4. The minimum atomic E-state index is -0.440. The molecular formula is C25H24N4O2. The number of rotatable bonds is 5. The SMILES string of the molecule is CCOC(=O)c1ccc2nc(-c3ccccc3-c3ccc(C4(N)CCC4)cc3)cn2n1. The van der Waals surface area contributed by atoms with Crippen LogP contribution in [0.3, 0.4) is 0 Å². The lowest BCUT2D eigenvalue weighted by Crippen LogP contribution is -2.43. The van der Waals surface area contributed by atoms with Gasteiger partial charge in [-0.05, 0) is 55.0 Å². The molecule has 2 N–H and O–H groups in total. The van der Waals surface area contributed by atoms with Crippen LogP contribution < -0.4 is 5.73 Å². The molecule has 0 radical (unpaired) electrons. The Kier molecular flexibility index (Phi) is 4.79. The van der Waals surface area contributed by atoms with Gasteiger partial charge in [-0.15, -0.1) is 0 Å². The monoisotopic (exact) mass is 412 g/mol. The summed E-state index contributed by atoms with van der Waals surface area (Å²) in [5.74, 6) is -0.440. The van der Waals surface area contributed by atoms with Gasteiger partial charge in [-0.3, -0.25) is 0 Å². The molecule has 2 aromatic heterocycles. The molecule has 1 saturated carbocycles. The summed E-state index contributed by atoms with van der Waals surface area (Å²) in [6, 6.07) is 20.1. The van der Waals surface area contributed by atoms with Crippen LogP contribution in [0.4, 0.5) is 0 Å². The van der Waals surface area contributed by atoms with E-state index in [0.717, 1.165) is 35.2 Å². The van der Waals surface area contributed by atoms with E-state index in [1.165, 1.54) is 12.0 Å². The van der Waals surface area contributed by atoms with Gasteiger partial charge in [-0.1, -0.05) is 48.5 Å². The van der Waals surface area contributed by atoms with Gasteiger partial charge < -0.3 is 10.5 Å². The Balaban J connectivity index is 1.51. The van der Waals surface area contributed by atoms with Gasteiger partial charge >= 0.3 is 5.97 Å². The first-order chi connectivity index (χ1) is 15.1. The third-order valence-electron chi connectivity index (χ3n) is 6.02. The lowest BCUT2D eigenvalue weighted by Gasteiger charge is -2.38. The van der Waals surface area contributed by atoms with Crippen LogP contribution in [-0.2, 0) is 10.3 Å². The summed E-state index contributed by atoms with van der Waals surface area (Å²) in [4.78, 5) is 16.7. The standard InChI is InChI=1S/C25H24N4O2/c1-2-31-24(30)21-12-13-23-27-22(16-29(23)28-21)20-7-4-3-6-19(20)17-8-10-18(11-9-17)25(26)14-5-15-25/h3-4,6-13,16H,2,5,14-15,26H2,1H3. The van der Waals surface area contributed by atoms with Crippen LogP contribution in [0.15, 0.2) is 66.9 Å². The minimum Gasteiger partial charge on any atom is -0.461 e. The molecular weight excluding hydrogens is 388 g/mol. The number of carbonyl (C=O) groups excluding carboxylic acids is 1. The second-order valence-electron chi connectivity index (χ2n) is 8.00.